The van der Waals surface area contributed by atoms with Crippen LogP contribution >= 0.6 is 11.3 Å². The van der Waals surface area contributed by atoms with Crippen LogP contribution in [0.1, 0.15) is 30.3 Å². The Morgan fingerprint density at radius 2 is 2.38 bits per heavy atom. The second-order valence-corrected chi connectivity index (χ2v) is 4.55. The normalized spacial score (nSPS) is 12.4. The van der Waals surface area contributed by atoms with Crippen molar-refractivity contribution in [1.82, 2.24) is 9.97 Å². The molecule has 0 spiro atoms. The quantitative estimate of drug-likeness (QED) is 0.880. The third-order valence-electron chi connectivity index (χ3n) is 2.50. The first-order chi connectivity index (χ1) is 7.81. The summed E-state index contributed by atoms with van der Waals surface area (Å²) in [5.41, 5.74) is 3.10. The van der Waals surface area contributed by atoms with Gasteiger partial charge in [0.15, 0.2) is 0 Å². The van der Waals surface area contributed by atoms with Crippen LogP contribution in [0.5, 0.6) is 0 Å². The average Bonchev–Trinajstić information content (AvgIpc) is 2.83. The molecule has 4 heteroatoms. The molecule has 0 radical (unpaired) electrons. The van der Waals surface area contributed by atoms with Crippen molar-refractivity contribution in [2.45, 2.75) is 26.3 Å². The van der Waals surface area contributed by atoms with Crippen LogP contribution in [0.3, 0.4) is 0 Å². The molecule has 0 aliphatic heterocycles. The van der Waals surface area contributed by atoms with Gasteiger partial charge in [-0.05, 0) is 25.0 Å². The Morgan fingerprint density at radius 1 is 1.50 bits per heavy atom. The maximum atomic E-state index is 4.37. The molecule has 0 aromatic carbocycles. The SMILES string of the molecule is CCc1cccnc1NC(C)c1cncs1. The summed E-state index contributed by atoms with van der Waals surface area (Å²) in [6, 6.07) is 4.34. The highest BCUT2D eigenvalue weighted by Gasteiger charge is 2.09. The largest absolute Gasteiger partial charge is 0.362 e. The predicted molar refractivity (Wildman–Crippen MR) is 67.8 cm³/mol. The van der Waals surface area contributed by atoms with Crippen molar-refractivity contribution in [3.63, 3.8) is 0 Å². The first kappa shape index (κ1) is 11.1. The Hall–Kier alpha value is -1.42. The van der Waals surface area contributed by atoms with E-state index in [2.05, 4.69) is 35.2 Å². The lowest BCUT2D eigenvalue weighted by molar-refractivity contribution is 0.884. The number of hydrogen-bond acceptors (Lipinski definition) is 4. The molecule has 0 fully saturated rings. The second-order valence-electron chi connectivity index (χ2n) is 3.63. The van der Waals surface area contributed by atoms with Crippen LogP contribution in [0.4, 0.5) is 5.82 Å². The second kappa shape index (κ2) is 5.07. The number of aromatic nitrogens is 2. The van der Waals surface area contributed by atoms with Crippen molar-refractivity contribution in [2.24, 2.45) is 0 Å². The van der Waals surface area contributed by atoms with E-state index in [4.69, 9.17) is 0 Å². The molecule has 16 heavy (non-hydrogen) atoms. The minimum Gasteiger partial charge on any atom is -0.362 e. The van der Waals surface area contributed by atoms with Gasteiger partial charge >= 0.3 is 0 Å². The molecule has 2 aromatic heterocycles. The highest BCUT2D eigenvalue weighted by molar-refractivity contribution is 7.09. The van der Waals surface area contributed by atoms with Crippen LogP contribution in [0.25, 0.3) is 0 Å². The lowest BCUT2D eigenvalue weighted by atomic mass is 10.2. The van der Waals surface area contributed by atoms with E-state index in [1.807, 2.05) is 24.0 Å². The van der Waals surface area contributed by atoms with Crippen molar-refractivity contribution in [1.29, 1.82) is 0 Å². The van der Waals surface area contributed by atoms with Crippen LogP contribution in [0.2, 0.25) is 0 Å². The topological polar surface area (TPSA) is 37.8 Å². The third-order valence-corrected chi connectivity index (χ3v) is 3.46. The van der Waals surface area contributed by atoms with Crippen LogP contribution in [-0.4, -0.2) is 9.97 Å². The first-order valence-electron chi connectivity index (χ1n) is 5.40. The predicted octanol–water partition coefficient (Wildman–Crippen LogP) is 3.27. The molecule has 0 saturated carbocycles. The monoisotopic (exact) mass is 233 g/mol. The Bertz CT molecular complexity index is 439. The van der Waals surface area contributed by atoms with E-state index in [1.54, 1.807) is 11.3 Å². The third kappa shape index (κ3) is 2.39. The summed E-state index contributed by atoms with van der Waals surface area (Å²) < 4.78 is 0. The van der Waals surface area contributed by atoms with Gasteiger partial charge in [-0.3, -0.25) is 4.98 Å². The molecular weight excluding hydrogens is 218 g/mol. The van der Waals surface area contributed by atoms with Crippen molar-refractivity contribution >= 4 is 17.2 Å². The van der Waals surface area contributed by atoms with E-state index in [9.17, 15) is 0 Å². The van der Waals surface area contributed by atoms with Crippen LogP contribution in [-0.2, 0) is 6.42 Å². The van der Waals surface area contributed by atoms with E-state index in [1.165, 1.54) is 10.4 Å². The van der Waals surface area contributed by atoms with Crippen LogP contribution in [0, 0.1) is 0 Å². The summed E-state index contributed by atoms with van der Waals surface area (Å²) >= 11 is 1.66. The van der Waals surface area contributed by atoms with Crippen molar-refractivity contribution in [3.8, 4) is 0 Å². The summed E-state index contributed by atoms with van der Waals surface area (Å²) in [6.07, 6.45) is 4.71. The highest BCUT2D eigenvalue weighted by atomic mass is 32.1. The van der Waals surface area contributed by atoms with Gasteiger partial charge < -0.3 is 5.32 Å². The van der Waals surface area contributed by atoms with Gasteiger partial charge in [-0.1, -0.05) is 13.0 Å². The van der Waals surface area contributed by atoms with Crippen molar-refractivity contribution in [3.05, 3.63) is 40.5 Å². The standard InChI is InChI=1S/C12H15N3S/c1-3-10-5-4-6-14-12(10)15-9(2)11-7-13-8-16-11/h4-9H,3H2,1-2H3,(H,14,15). The number of pyridine rings is 1. The fraction of sp³-hybridized carbons (Fsp3) is 0.333. The molecule has 0 amide bonds. The number of hydrogen-bond donors (Lipinski definition) is 1. The number of thiazole rings is 1. The number of nitrogens with zero attached hydrogens (tertiary/aromatic N) is 2. The lowest BCUT2D eigenvalue weighted by Gasteiger charge is -2.14. The summed E-state index contributed by atoms with van der Waals surface area (Å²) in [5, 5.41) is 3.42. The zero-order valence-electron chi connectivity index (χ0n) is 9.47. The van der Waals surface area contributed by atoms with E-state index < -0.39 is 0 Å². The average molecular weight is 233 g/mol. The Kier molecular flexibility index (Phi) is 3.51. The number of anilines is 1. The van der Waals surface area contributed by atoms with Gasteiger partial charge in [0.05, 0.1) is 11.6 Å². The molecule has 84 valence electrons. The molecule has 0 bridgehead atoms. The van der Waals surface area contributed by atoms with Crippen molar-refractivity contribution in [2.75, 3.05) is 5.32 Å². The fourth-order valence-corrected chi connectivity index (χ4v) is 2.20. The molecular formula is C12H15N3S. The molecule has 0 aliphatic rings. The summed E-state index contributed by atoms with van der Waals surface area (Å²) in [6.45, 7) is 4.27. The van der Waals surface area contributed by atoms with E-state index >= 15 is 0 Å². The lowest BCUT2D eigenvalue weighted by Crippen LogP contribution is -2.08. The number of nitrogens with one attached hydrogen (secondary N) is 1. The Morgan fingerprint density at radius 3 is 3.06 bits per heavy atom. The Labute approximate surface area is 99.6 Å². The maximum absolute atomic E-state index is 4.37. The molecule has 2 heterocycles. The molecule has 1 N–H and O–H groups in total. The summed E-state index contributed by atoms with van der Waals surface area (Å²) in [7, 11) is 0. The van der Waals surface area contributed by atoms with E-state index in [0.29, 0.717) is 0 Å². The Balaban J connectivity index is 2.14. The van der Waals surface area contributed by atoms with Gasteiger partial charge in [0, 0.05) is 17.3 Å². The molecule has 2 rings (SSSR count). The van der Waals surface area contributed by atoms with Gasteiger partial charge in [-0.2, -0.15) is 0 Å². The van der Waals surface area contributed by atoms with Gasteiger partial charge in [0.2, 0.25) is 0 Å². The molecule has 1 atom stereocenters. The van der Waals surface area contributed by atoms with Crippen molar-refractivity contribution < 1.29 is 0 Å². The molecule has 0 saturated heterocycles. The summed E-state index contributed by atoms with van der Waals surface area (Å²) in [5.74, 6) is 0.978. The smallest absolute Gasteiger partial charge is 0.129 e. The van der Waals surface area contributed by atoms with E-state index in [-0.39, 0.29) is 6.04 Å². The maximum Gasteiger partial charge on any atom is 0.129 e. The molecule has 1 unspecified atom stereocenters. The fourth-order valence-electron chi connectivity index (χ4n) is 1.57. The van der Waals surface area contributed by atoms with Gasteiger partial charge in [0.25, 0.3) is 0 Å². The highest BCUT2D eigenvalue weighted by Crippen LogP contribution is 2.22. The van der Waals surface area contributed by atoms with Gasteiger partial charge in [-0.25, -0.2) is 4.98 Å². The van der Waals surface area contributed by atoms with Crippen LogP contribution in [0.15, 0.2) is 30.0 Å². The van der Waals surface area contributed by atoms with Gasteiger partial charge in [0.1, 0.15) is 5.82 Å². The number of aryl methyl sites for hydroxylation is 1. The zero-order valence-corrected chi connectivity index (χ0v) is 10.3. The molecule has 3 nitrogen and oxygen atoms in total. The van der Waals surface area contributed by atoms with Gasteiger partial charge in [-0.15, -0.1) is 11.3 Å². The minimum absolute atomic E-state index is 0.257. The minimum atomic E-state index is 0.257. The number of rotatable bonds is 4. The molecule has 0 aliphatic carbocycles. The van der Waals surface area contributed by atoms with E-state index in [0.717, 1.165) is 12.2 Å². The zero-order chi connectivity index (χ0) is 11.4. The first-order valence-corrected chi connectivity index (χ1v) is 6.28. The summed E-state index contributed by atoms with van der Waals surface area (Å²) in [4.78, 5) is 9.69. The molecule has 2 aromatic rings. The van der Waals surface area contributed by atoms with Crippen LogP contribution < -0.4 is 5.32 Å².